The summed E-state index contributed by atoms with van der Waals surface area (Å²) in [5, 5.41) is 7.63. The number of nitrogens with zero attached hydrogens (tertiary/aromatic N) is 2. The zero-order valence-electron chi connectivity index (χ0n) is 13.6. The zero-order valence-corrected chi connectivity index (χ0v) is 13.6. The Morgan fingerprint density at radius 1 is 1.35 bits per heavy atom. The van der Waals surface area contributed by atoms with Crippen molar-refractivity contribution in [2.45, 2.75) is 39.7 Å². The average molecular weight is 313 g/mol. The molecule has 1 N–H and O–H groups in total. The van der Waals surface area contributed by atoms with E-state index < -0.39 is 5.54 Å². The zero-order chi connectivity index (χ0) is 16.6. The van der Waals surface area contributed by atoms with Gasteiger partial charge in [-0.15, -0.1) is 0 Å². The molecule has 1 aromatic carbocycles. The lowest BCUT2D eigenvalue weighted by atomic mass is 10.0. The second-order valence-corrected chi connectivity index (χ2v) is 6.05. The van der Waals surface area contributed by atoms with Crippen molar-refractivity contribution in [3.05, 3.63) is 47.3 Å². The number of hydrogen-bond donors (Lipinski definition) is 1. The molecule has 0 unspecified atom stereocenters. The van der Waals surface area contributed by atoms with Crippen LogP contribution in [-0.4, -0.2) is 16.0 Å². The number of amides is 1. The lowest BCUT2D eigenvalue weighted by Gasteiger charge is -2.22. The van der Waals surface area contributed by atoms with Crippen LogP contribution < -0.4 is 5.32 Å². The molecule has 0 saturated heterocycles. The largest absolute Gasteiger partial charge is 0.463 e. The molecule has 0 atom stereocenters. The van der Waals surface area contributed by atoms with Gasteiger partial charge in [0.2, 0.25) is 5.89 Å². The molecule has 6 heteroatoms. The van der Waals surface area contributed by atoms with E-state index in [0.717, 1.165) is 17.4 Å². The first-order chi connectivity index (χ1) is 10.9. The maximum atomic E-state index is 12.7. The second kappa shape index (κ2) is 5.53. The van der Waals surface area contributed by atoms with E-state index in [-0.39, 0.29) is 5.91 Å². The van der Waals surface area contributed by atoms with Crippen molar-refractivity contribution in [1.82, 2.24) is 15.5 Å². The first-order valence-corrected chi connectivity index (χ1v) is 7.54. The Bertz CT molecular complexity index is 861. The number of carbonyl (C=O) groups is 1. The average Bonchev–Trinajstić information content (AvgIpc) is 3.12. The van der Waals surface area contributed by atoms with Crippen molar-refractivity contribution in [2.75, 3.05) is 0 Å². The fourth-order valence-corrected chi connectivity index (χ4v) is 2.43. The fourth-order valence-electron chi connectivity index (χ4n) is 2.43. The van der Waals surface area contributed by atoms with E-state index in [4.69, 9.17) is 8.94 Å². The van der Waals surface area contributed by atoms with Crippen molar-refractivity contribution in [3.8, 4) is 0 Å². The second-order valence-electron chi connectivity index (χ2n) is 6.05. The van der Waals surface area contributed by atoms with Crippen LogP contribution in [0.1, 0.15) is 48.4 Å². The van der Waals surface area contributed by atoms with Gasteiger partial charge in [0, 0.05) is 12.3 Å². The van der Waals surface area contributed by atoms with Crippen LogP contribution in [0.25, 0.3) is 11.0 Å². The minimum absolute atomic E-state index is 0.232. The van der Waals surface area contributed by atoms with Crippen LogP contribution in [0.5, 0.6) is 0 Å². The third kappa shape index (κ3) is 2.84. The number of carbonyl (C=O) groups excluding carboxylic acids is 1. The number of hydrogen-bond acceptors (Lipinski definition) is 5. The molecule has 2 heterocycles. The quantitative estimate of drug-likeness (QED) is 0.799. The molecule has 0 radical (unpaired) electrons. The predicted molar refractivity (Wildman–Crippen MR) is 85.1 cm³/mol. The van der Waals surface area contributed by atoms with E-state index in [2.05, 4.69) is 22.4 Å². The van der Waals surface area contributed by atoms with Crippen LogP contribution in [-0.2, 0) is 12.0 Å². The summed E-state index contributed by atoms with van der Waals surface area (Å²) in [4.78, 5) is 16.8. The van der Waals surface area contributed by atoms with Gasteiger partial charge in [-0.25, -0.2) is 0 Å². The highest BCUT2D eigenvalue weighted by Crippen LogP contribution is 2.24. The summed E-state index contributed by atoms with van der Waals surface area (Å²) in [6, 6.07) is 5.87. The molecule has 0 bridgehead atoms. The summed E-state index contributed by atoms with van der Waals surface area (Å²) in [6.07, 6.45) is 2.38. The molecule has 1 amide bonds. The Morgan fingerprint density at radius 2 is 2.13 bits per heavy atom. The van der Waals surface area contributed by atoms with Crippen molar-refractivity contribution in [2.24, 2.45) is 0 Å². The SMILES string of the molecule is CCc1ccc2occ(C(=O)NC(C)(C)c3noc(C)n3)c2c1. The molecular formula is C17H19N3O3. The van der Waals surface area contributed by atoms with Gasteiger partial charge in [0.15, 0.2) is 5.82 Å². The molecule has 120 valence electrons. The Labute approximate surface area is 133 Å². The van der Waals surface area contributed by atoms with E-state index >= 15 is 0 Å². The number of fused-ring (bicyclic) bond motifs is 1. The highest BCUT2D eigenvalue weighted by atomic mass is 16.5. The third-order valence-electron chi connectivity index (χ3n) is 3.80. The molecule has 0 aliphatic carbocycles. The molecule has 3 rings (SSSR count). The van der Waals surface area contributed by atoms with E-state index in [9.17, 15) is 4.79 Å². The highest BCUT2D eigenvalue weighted by molar-refractivity contribution is 6.06. The van der Waals surface area contributed by atoms with Gasteiger partial charge in [-0.3, -0.25) is 4.79 Å². The molecule has 6 nitrogen and oxygen atoms in total. The van der Waals surface area contributed by atoms with Gasteiger partial charge in [-0.05, 0) is 38.0 Å². The fraction of sp³-hybridized carbons (Fsp3) is 0.353. The normalized spacial score (nSPS) is 11.8. The molecule has 2 aromatic heterocycles. The summed E-state index contributed by atoms with van der Waals surface area (Å²) in [7, 11) is 0. The third-order valence-corrected chi connectivity index (χ3v) is 3.80. The Kier molecular flexibility index (Phi) is 3.67. The van der Waals surface area contributed by atoms with E-state index in [1.165, 1.54) is 6.26 Å². The minimum Gasteiger partial charge on any atom is -0.463 e. The highest BCUT2D eigenvalue weighted by Gasteiger charge is 2.29. The molecule has 0 aliphatic heterocycles. The molecule has 0 spiro atoms. The summed E-state index contributed by atoms with van der Waals surface area (Å²) in [5.41, 5.74) is 1.60. The monoisotopic (exact) mass is 313 g/mol. The number of aromatic nitrogens is 2. The van der Waals surface area contributed by atoms with Gasteiger partial charge in [-0.2, -0.15) is 4.98 Å². The van der Waals surface area contributed by atoms with Crippen molar-refractivity contribution < 1.29 is 13.7 Å². The first kappa shape index (κ1) is 15.3. The maximum Gasteiger partial charge on any atom is 0.255 e. The summed E-state index contributed by atoms with van der Waals surface area (Å²) in [5.74, 6) is 0.665. The topological polar surface area (TPSA) is 81.2 Å². The van der Waals surface area contributed by atoms with Gasteiger partial charge < -0.3 is 14.3 Å². The molecule has 0 aliphatic rings. The standard InChI is InChI=1S/C17H19N3O3/c1-5-11-6-7-14-12(8-11)13(9-22-14)15(21)19-17(3,4)16-18-10(2)23-20-16/h6-9H,5H2,1-4H3,(H,19,21). The summed E-state index contributed by atoms with van der Waals surface area (Å²) < 4.78 is 10.5. The number of nitrogens with one attached hydrogen (secondary N) is 1. The molecule has 0 saturated carbocycles. The van der Waals surface area contributed by atoms with Crippen LogP contribution in [0.3, 0.4) is 0 Å². The molecule has 23 heavy (non-hydrogen) atoms. The maximum absolute atomic E-state index is 12.7. The van der Waals surface area contributed by atoms with Crippen LogP contribution >= 0.6 is 0 Å². The van der Waals surface area contributed by atoms with E-state index in [1.54, 1.807) is 6.92 Å². The van der Waals surface area contributed by atoms with Gasteiger partial charge in [0.05, 0.1) is 11.1 Å². The number of furan rings is 1. The van der Waals surface area contributed by atoms with Crippen LogP contribution in [0.2, 0.25) is 0 Å². The molecule has 3 aromatic rings. The first-order valence-electron chi connectivity index (χ1n) is 7.54. The summed E-state index contributed by atoms with van der Waals surface area (Å²) >= 11 is 0. The van der Waals surface area contributed by atoms with Crippen LogP contribution in [0.4, 0.5) is 0 Å². The number of benzene rings is 1. The predicted octanol–water partition coefficient (Wildman–Crippen LogP) is 3.35. The van der Waals surface area contributed by atoms with E-state index in [1.807, 2.05) is 32.0 Å². The Balaban J connectivity index is 1.91. The lowest BCUT2D eigenvalue weighted by molar-refractivity contribution is 0.0908. The smallest absolute Gasteiger partial charge is 0.255 e. The van der Waals surface area contributed by atoms with Crippen molar-refractivity contribution >= 4 is 16.9 Å². The van der Waals surface area contributed by atoms with Gasteiger partial charge in [0.25, 0.3) is 5.91 Å². The summed E-state index contributed by atoms with van der Waals surface area (Å²) in [6.45, 7) is 7.44. The number of aryl methyl sites for hydroxylation is 2. The van der Waals surface area contributed by atoms with Crippen molar-refractivity contribution in [1.29, 1.82) is 0 Å². The van der Waals surface area contributed by atoms with E-state index in [0.29, 0.717) is 22.9 Å². The Hall–Kier alpha value is -2.63. The van der Waals surface area contributed by atoms with Crippen LogP contribution in [0, 0.1) is 6.92 Å². The van der Waals surface area contributed by atoms with Gasteiger partial charge in [-0.1, -0.05) is 18.1 Å². The lowest BCUT2D eigenvalue weighted by Crippen LogP contribution is -2.41. The van der Waals surface area contributed by atoms with Gasteiger partial charge in [0.1, 0.15) is 11.8 Å². The number of rotatable bonds is 4. The Morgan fingerprint density at radius 3 is 2.78 bits per heavy atom. The van der Waals surface area contributed by atoms with Gasteiger partial charge >= 0.3 is 0 Å². The molecular weight excluding hydrogens is 294 g/mol. The van der Waals surface area contributed by atoms with Crippen LogP contribution in [0.15, 0.2) is 33.4 Å². The van der Waals surface area contributed by atoms with Crippen molar-refractivity contribution in [3.63, 3.8) is 0 Å². The minimum atomic E-state index is -0.749. The molecule has 0 fully saturated rings.